The molecule has 5 heteroatoms. The van der Waals surface area contributed by atoms with Gasteiger partial charge in [-0.15, -0.1) is 11.3 Å². The number of nitrogens with zero attached hydrogens (tertiary/aromatic N) is 1. The molecule has 4 rings (SSSR count). The summed E-state index contributed by atoms with van der Waals surface area (Å²) in [4.78, 5) is 4.78. The highest BCUT2D eigenvalue weighted by Crippen LogP contribution is 2.48. The highest BCUT2D eigenvalue weighted by Gasteiger charge is 2.25. The van der Waals surface area contributed by atoms with Crippen LogP contribution in [0.5, 0.6) is 5.75 Å². The lowest BCUT2D eigenvalue weighted by Gasteiger charge is -2.31. The Bertz CT molecular complexity index is 705. The zero-order valence-corrected chi connectivity index (χ0v) is 14.5. The van der Waals surface area contributed by atoms with E-state index in [1.54, 1.807) is 11.3 Å². The van der Waals surface area contributed by atoms with Gasteiger partial charge >= 0.3 is 0 Å². The Hall–Kier alpha value is -1.30. The van der Waals surface area contributed by atoms with Crippen molar-refractivity contribution in [1.29, 1.82) is 0 Å². The number of benzene rings is 1. The van der Waals surface area contributed by atoms with Gasteiger partial charge in [-0.3, -0.25) is 0 Å². The monoisotopic (exact) mass is 377 g/mol. The predicted molar refractivity (Wildman–Crippen MR) is 92.3 cm³/mol. The quantitative estimate of drug-likeness (QED) is 0.779. The number of halogens is 1. The molecule has 2 aliphatic rings. The molecule has 0 amide bonds. The van der Waals surface area contributed by atoms with Crippen LogP contribution in [0.2, 0.25) is 0 Å². The van der Waals surface area contributed by atoms with E-state index in [9.17, 15) is 0 Å². The van der Waals surface area contributed by atoms with Crippen LogP contribution in [0.3, 0.4) is 0 Å². The van der Waals surface area contributed by atoms with E-state index in [4.69, 9.17) is 9.47 Å². The van der Waals surface area contributed by atoms with Gasteiger partial charge < -0.3 is 14.4 Å². The lowest BCUT2D eigenvalue weighted by atomic mass is 10.2. The second-order valence-electron chi connectivity index (χ2n) is 5.31. The number of morpholine rings is 1. The molecule has 0 saturated carbocycles. The first kappa shape index (κ1) is 14.3. The Balaban J connectivity index is 1.63. The van der Waals surface area contributed by atoms with Gasteiger partial charge in [0.25, 0.3) is 0 Å². The molecule has 0 radical (unpaired) electrons. The molecule has 0 bridgehead atoms. The number of fused-ring (bicyclic) bond motifs is 1. The summed E-state index contributed by atoms with van der Waals surface area (Å²) in [6.07, 6.45) is 3.11. The van der Waals surface area contributed by atoms with Gasteiger partial charge in [0.15, 0.2) is 11.6 Å². The first-order valence-corrected chi connectivity index (χ1v) is 9.01. The van der Waals surface area contributed by atoms with Crippen molar-refractivity contribution in [3.8, 4) is 16.2 Å². The second-order valence-corrected chi connectivity index (χ2v) is 7.21. The zero-order valence-electron chi connectivity index (χ0n) is 12.0. The van der Waals surface area contributed by atoms with Gasteiger partial charge in [-0.25, -0.2) is 0 Å². The molecule has 1 saturated heterocycles. The number of ether oxygens (including phenoxy) is 2. The van der Waals surface area contributed by atoms with E-state index in [0.717, 1.165) is 48.8 Å². The summed E-state index contributed by atoms with van der Waals surface area (Å²) in [6, 6.07) is 10.5. The molecule has 1 fully saturated rings. The molecule has 2 aliphatic heterocycles. The summed E-state index contributed by atoms with van der Waals surface area (Å²) in [5.74, 6) is 1.95. The first-order chi connectivity index (χ1) is 10.8. The fourth-order valence-corrected chi connectivity index (χ4v) is 4.76. The molecule has 114 valence electrons. The molecule has 22 heavy (non-hydrogen) atoms. The topological polar surface area (TPSA) is 21.7 Å². The van der Waals surface area contributed by atoms with Gasteiger partial charge in [0.2, 0.25) is 0 Å². The Morgan fingerprint density at radius 2 is 1.86 bits per heavy atom. The van der Waals surface area contributed by atoms with E-state index in [2.05, 4.69) is 51.2 Å². The average molecular weight is 378 g/mol. The molecule has 0 atom stereocenters. The van der Waals surface area contributed by atoms with Gasteiger partial charge in [0.05, 0.1) is 27.4 Å². The number of hydrogen-bond acceptors (Lipinski definition) is 4. The maximum Gasteiger partial charge on any atom is 0.192 e. The van der Waals surface area contributed by atoms with Crippen molar-refractivity contribution in [2.75, 3.05) is 26.3 Å². The molecular weight excluding hydrogens is 362 g/mol. The molecule has 3 heterocycles. The van der Waals surface area contributed by atoms with Crippen molar-refractivity contribution in [3.05, 3.63) is 51.6 Å². The smallest absolute Gasteiger partial charge is 0.192 e. The SMILES string of the molecule is Brc1c(-c2ccccc2)sc2c1OC(N1CCOCC1)=CC2. The minimum atomic E-state index is 0.771. The van der Waals surface area contributed by atoms with Gasteiger partial charge in [-0.2, -0.15) is 0 Å². The van der Waals surface area contributed by atoms with Crippen molar-refractivity contribution >= 4 is 27.3 Å². The van der Waals surface area contributed by atoms with E-state index >= 15 is 0 Å². The maximum absolute atomic E-state index is 6.20. The van der Waals surface area contributed by atoms with Gasteiger partial charge in [-0.05, 0) is 27.6 Å². The van der Waals surface area contributed by atoms with E-state index in [0.29, 0.717) is 0 Å². The van der Waals surface area contributed by atoms with Crippen LogP contribution in [0, 0.1) is 0 Å². The molecule has 1 aromatic heterocycles. The predicted octanol–water partition coefficient (Wildman–Crippen LogP) is 4.29. The number of hydrogen-bond donors (Lipinski definition) is 0. The molecule has 0 aliphatic carbocycles. The lowest BCUT2D eigenvalue weighted by molar-refractivity contribution is 0.0339. The Labute approximate surface area is 142 Å². The Morgan fingerprint density at radius 1 is 1.09 bits per heavy atom. The standard InChI is InChI=1S/C17H16BrNO2S/c18-15-16-13(22-17(15)12-4-2-1-3-5-12)6-7-14(21-16)19-8-10-20-11-9-19/h1-5,7H,6,8-11H2. The summed E-state index contributed by atoms with van der Waals surface area (Å²) >= 11 is 5.54. The fraction of sp³-hybridized carbons (Fsp3) is 0.294. The molecule has 1 aromatic carbocycles. The minimum Gasteiger partial charge on any atom is -0.439 e. The van der Waals surface area contributed by atoms with Crippen LogP contribution >= 0.6 is 27.3 Å². The third kappa shape index (κ3) is 2.57. The van der Waals surface area contributed by atoms with Crippen LogP contribution in [0.25, 0.3) is 10.4 Å². The van der Waals surface area contributed by atoms with Gasteiger partial charge in [0, 0.05) is 19.5 Å². The molecule has 2 aromatic rings. The number of thiophene rings is 1. The van der Waals surface area contributed by atoms with Crippen LogP contribution in [0.4, 0.5) is 0 Å². The third-order valence-corrected chi connectivity index (χ3v) is 6.17. The first-order valence-electron chi connectivity index (χ1n) is 7.40. The minimum absolute atomic E-state index is 0.771. The summed E-state index contributed by atoms with van der Waals surface area (Å²) in [7, 11) is 0. The third-order valence-electron chi connectivity index (χ3n) is 3.90. The summed E-state index contributed by atoms with van der Waals surface area (Å²) in [5, 5.41) is 0. The molecule has 3 nitrogen and oxygen atoms in total. The van der Waals surface area contributed by atoms with E-state index < -0.39 is 0 Å². The number of allylic oxidation sites excluding steroid dienone is 1. The lowest BCUT2D eigenvalue weighted by Crippen LogP contribution is -2.37. The van der Waals surface area contributed by atoms with Crippen molar-refractivity contribution in [3.63, 3.8) is 0 Å². The fourth-order valence-electron chi connectivity index (χ4n) is 2.75. The number of rotatable bonds is 2. The Kier molecular flexibility index (Phi) is 3.94. The van der Waals surface area contributed by atoms with E-state index in [1.165, 1.54) is 15.3 Å². The summed E-state index contributed by atoms with van der Waals surface area (Å²) in [5.41, 5.74) is 1.23. The highest BCUT2D eigenvalue weighted by atomic mass is 79.9. The van der Waals surface area contributed by atoms with E-state index in [-0.39, 0.29) is 0 Å². The summed E-state index contributed by atoms with van der Waals surface area (Å²) < 4.78 is 12.7. The average Bonchev–Trinajstić information content (AvgIpc) is 2.93. The molecule has 0 N–H and O–H groups in total. The van der Waals surface area contributed by atoms with Crippen molar-refractivity contribution < 1.29 is 9.47 Å². The van der Waals surface area contributed by atoms with Crippen molar-refractivity contribution in [2.45, 2.75) is 6.42 Å². The normalized spacial score (nSPS) is 17.7. The molecule has 0 unspecified atom stereocenters. The van der Waals surface area contributed by atoms with Crippen LogP contribution < -0.4 is 4.74 Å². The van der Waals surface area contributed by atoms with Gasteiger partial charge in [-0.1, -0.05) is 30.3 Å². The van der Waals surface area contributed by atoms with Crippen molar-refractivity contribution in [1.82, 2.24) is 4.90 Å². The Morgan fingerprint density at radius 3 is 2.64 bits per heavy atom. The second kappa shape index (κ2) is 6.07. The summed E-state index contributed by atoms with van der Waals surface area (Å²) in [6.45, 7) is 3.34. The van der Waals surface area contributed by atoms with E-state index in [1.807, 2.05) is 6.07 Å². The molecule has 0 spiro atoms. The van der Waals surface area contributed by atoms with Crippen molar-refractivity contribution in [2.24, 2.45) is 0 Å². The maximum atomic E-state index is 6.20. The van der Waals surface area contributed by atoms with Crippen LogP contribution in [-0.4, -0.2) is 31.2 Å². The largest absolute Gasteiger partial charge is 0.439 e. The van der Waals surface area contributed by atoms with Crippen LogP contribution in [0.15, 0.2) is 46.8 Å². The highest BCUT2D eigenvalue weighted by molar-refractivity contribution is 9.10. The zero-order chi connectivity index (χ0) is 14.9. The van der Waals surface area contributed by atoms with Gasteiger partial charge in [0.1, 0.15) is 0 Å². The molecular formula is C17H16BrNO2S. The van der Waals surface area contributed by atoms with Crippen LogP contribution in [-0.2, 0) is 11.2 Å². The van der Waals surface area contributed by atoms with Crippen LogP contribution in [0.1, 0.15) is 4.88 Å².